The Hall–Kier alpha value is -2.66. The Balaban J connectivity index is 1.54. The van der Waals surface area contributed by atoms with E-state index < -0.39 is 0 Å². The van der Waals surface area contributed by atoms with E-state index in [1.54, 1.807) is 29.7 Å². The molecule has 1 N–H and O–H groups in total. The van der Waals surface area contributed by atoms with Crippen LogP contribution in [0.3, 0.4) is 0 Å². The van der Waals surface area contributed by atoms with Gasteiger partial charge in [0.1, 0.15) is 12.4 Å². The van der Waals surface area contributed by atoms with Crippen LogP contribution in [-0.2, 0) is 13.0 Å². The highest BCUT2D eigenvalue weighted by molar-refractivity contribution is 7.09. The zero-order valence-corrected chi connectivity index (χ0v) is 14.9. The van der Waals surface area contributed by atoms with Crippen molar-refractivity contribution in [3.63, 3.8) is 0 Å². The predicted molar refractivity (Wildman–Crippen MR) is 100 cm³/mol. The number of nitrogens with one attached hydrogen (secondary N) is 1. The van der Waals surface area contributed by atoms with Gasteiger partial charge in [-0.25, -0.2) is 4.98 Å². The smallest absolute Gasteiger partial charge is 0.251 e. The van der Waals surface area contributed by atoms with Gasteiger partial charge in [0, 0.05) is 30.1 Å². The topological polar surface area (TPSA) is 51.2 Å². The van der Waals surface area contributed by atoms with Gasteiger partial charge < -0.3 is 10.1 Å². The lowest BCUT2D eigenvalue weighted by Gasteiger charge is -2.09. The molecule has 0 aliphatic heterocycles. The summed E-state index contributed by atoms with van der Waals surface area (Å²) in [5.74, 6) is 0.589. The molecule has 0 bridgehead atoms. The summed E-state index contributed by atoms with van der Waals surface area (Å²) in [4.78, 5) is 16.5. The molecule has 0 aliphatic carbocycles. The summed E-state index contributed by atoms with van der Waals surface area (Å²) in [6.45, 7) is 3.11. The fraction of sp³-hybridized carbons (Fsp3) is 0.200. The second-order valence-electron chi connectivity index (χ2n) is 5.74. The number of carbonyl (C=O) groups is 1. The first-order valence-corrected chi connectivity index (χ1v) is 9.03. The molecule has 1 heterocycles. The first-order valence-electron chi connectivity index (χ1n) is 8.16. The lowest BCUT2D eigenvalue weighted by atomic mass is 10.1. The third-order valence-corrected chi connectivity index (χ3v) is 4.53. The van der Waals surface area contributed by atoms with Gasteiger partial charge in [0.2, 0.25) is 0 Å². The van der Waals surface area contributed by atoms with Crippen LogP contribution in [0.1, 0.15) is 26.5 Å². The van der Waals surface area contributed by atoms with Crippen LogP contribution in [-0.4, -0.2) is 17.4 Å². The predicted octanol–water partition coefficient (Wildman–Crippen LogP) is 4.00. The van der Waals surface area contributed by atoms with Gasteiger partial charge in [0.25, 0.3) is 5.91 Å². The standard InChI is InChI=1S/C20H20N2O2S/c1-15-4-2-5-16(12-15)14-24-18-7-3-6-17(13-18)20(23)22-9-8-19-21-10-11-25-19/h2-7,10-13H,8-9,14H2,1H3,(H,22,23). The molecule has 3 rings (SSSR count). The van der Waals surface area contributed by atoms with E-state index in [1.807, 2.05) is 29.6 Å². The van der Waals surface area contributed by atoms with Crippen molar-refractivity contribution in [1.29, 1.82) is 0 Å². The molecule has 0 aliphatic rings. The number of amides is 1. The summed E-state index contributed by atoms with van der Waals surface area (Å²) in [5, 5.41) is 5.88. The Morgan fingerprint density at radius 3 is 2.88 bits per heavy atom. The molecule has 0 radical (unpaired) electrons. The van der Waals surface area contributed by atoms with Crippen LogP contribution in [0.2, 0.25) is 0 Å². The highest BCUT2D eigenvalue weighted by Gasteiger charge is 2.07. The Labute approximate surface area is 151 Å². The van der Waals surface area contributed by atoms with Crippen LogP contribution in [0.5, 0.6) is 5.75 Å². The Morgan fingerprint density at radius 1 is 1.20 bits per heavy atom. The lowest BCUT2D eigenvalue weighted by Crippen LogP contribution is -2.25. The Bertz CT molecular complexity index is 831. The van der Waals surface area contributed by atoms with Crippen molar-refractivity contribution in [3.8, 4) is 5.75 Å². The third-order valence-electron chi connectivity index (χ3n) is 3.69. The molecule has 4 nitrogen and oxygen atoms in total. The molecule has 3 aromatic rings. The molecular formula is C20H20N2O2S. The molecule has 1 amide bonds. The van der Waals surface area contributed by atoms with E-state index >= 15 is 0 Å². The van der Waals surface area contributed by atoms with Crippen LogP contribution in [0.4, 0.5) is 0 Å². The van der Waals surface area contributed by atoms with Crippen molar-refractivity contribution < 1.29 is 9.53 Å². The molecule has 5 heteroatoms. The normalized spacial score (nSPS) is 10.4. The second-order valence-corrected chi connectivity index (χ2v) is 6.72. The molecule has 0 fully saturated rings. The molecule has 2 aromatic carbocycles. The van der Waals surface area contributed by atoms with Crippen molar-refractivity contribution in [2.24, 2.45) is 0 Å². The van der Waals surface area contributed by atoms with Gasteiger partial charge >= 0.3 is 0 Å². The summed E-state index contributed by atoms with van der Waals surface area (Å²) in [6, 6.07) is 15.5. The summed E-state index contributed by atoms with van der Waals surface area (Å²) in [7, 11) is 0. The minimum absolute atomic E-state index is 0.0995. The molecule has 128 valence electrons. The van der Waals surface area contributed by atoms with Crippen molar-refractivity contribution in [3.05, 3.63) is 81.8 Å². The number of hydrogen-bond acceptors (Lipinski definition) is 4. The zero-order chi connectivity index (χ0) is 17.5. The molecule has 0 spiro atoms. The highest BCUT2D eigenvalue weighted by Crippen LogP contribution is 2.16. The van der Waals surface area contributed by atoms with Crippen LogP contribution in [0.15, 0.2) is 60.1 Å². The summed E-state index contributed by atoms with van der Waals surface area (Å²) in [5.41, 5.74) is 2.91. The maximum atomic E-state index is 12.3. The number of hydrogen-bond donors (Lipinski definition) is 1. The van der Waals surface area contributed by atoms with Gasteiger partial charge in [0.05, 0.1) is 5.01 Å². The average Bonchev–Trinajstić information content (AvgIpc) is 3.14. The van der Waals surface area contributed by atoms with Gasteiger partial charge in [-0.3, -0.25) is 4.79 Å². The number of thiazole rings is 1. The zero-order valence-electron chi connectivity index (χ0n) is 14.1. The van der Waals surface area contributed by atoms with Crippen molar-refractivity contribution in [2.45, 2.75) is 20.0 Å². The monoisotopic (exact) mass is 352 g/mol. The number of ether oxygens (including phenoxy) is 1. The average molecular weight is 352 g/mol. The van der Waals surface area contributed by atoms with Gasteiger partial charge in [-0.15, -0.1) is 11.3 Å². The van der Waals surface area contributed by atoms with E-state index in [9.17, 15) is 4.79 Å². The molecule has 1 aromatic heterocycles. The number of aryl methyl sites for hydroxylation is 1. The van der Waals surface area contributed by atoms with E-state index in [2.05, 4.69) is 29.4 Å². The van der Waals surface area contributed by atoms with Crippen molar-refractivity contribution >= 4 is 17.2 Å². The van der Waals surface area contributed by atoms with Gasteiger partial charge in [-0.1, -0.05) is 35.9 Å². The number of carbonyl (C=O) groups excluding carboxylic acids is 1. The van der Waals surface area contributed by atoms with E-state index in [1.165, 1.54) is 5.56 Å². The number of aromatic nitrogens is 1. The maximum absolute atomic E-state index is 12.3. The Morgan fingerprint density at radius 2 is 2.08 bits per heavy atom. The minimum atomic E-state index is -0.0995. The number of rotatable bonds is 7. The van der Waals surface area contributed by atoms with Crippen LogP contribution in [0.25, 0.3) is 0 Å². The molecule has 0 saturated carbocycles. The number of benzene rings is 2. The third kappa shape index (κ3) is 5.16. The quantitative estimate of drug-likeness (QED) is 0.699. The molecule has 0 unspecified atom stereocenters. The van der Waals surface area contributed by atoms with Crippen LogP contribution in [0, 0.1) is 6.92 Å². The van der Waals surface area contributed by atoms with E-state index in [-0.39, 0.29) is 5.91 Å². The van der Waals surface area contributed by atoms with E-state index in [4.69, 9.17) is 4.74 Å². The molecular weight excluding hydrogens is 332 g/mol. The molecule has 0 saturated heterocycles. The Kier molecular flexibility index (Phi) is 5.80. The summed E-state index contributed by atoms with van der Waals surface area (Å²) < 4.78 is 5.81. The van der Waals surface area contributed by atoms with Gasteiger partial charge in [0.15, 0.2) is 0 Å². The maximum Gasteiger partial charge on any atom is 0.251 e. The van der Waals surface area contributed by atoms with Gasteiger partial charge in [-0.05, 0) is 30.7 Å². The molecule has 0 atom stereocenters. The second kappa shape index (κ2) is 8.44. The van der Waals surface area contributed by atoms with Gasteiger partial charge in [-0.2, -0.15) is 0 Å². The highest BCUT2D eigenvalue weighted by atomic mass is 32.1. The largest absolute Gasteiger partial charge is 0.489 e. The minimum Gasteiger partial charge on any atom is -0.489 e. The van der Waals surface area contributed by atoms with Crippen LogP contribution < -0.4 is 10.1 Å². The van der Waals surface area contributed by atoms with E-state index in [0.717, 1.165) is 17.0 Å². The summed E-state index contributed by atoms with van der Waals surface area (Å²) in [6.07, 6.45) is 2.52. The van der Waals surface area contributed by atoms with Crippen molar-refractivity contribution in [2.75, 3.05) is 6.54 Å². The first-order chi connectivity index (χ1) is 12.2. The summed E-state index contributed by atoms with van der Waals surface area (Å²) >= 11 is 1.60. The fourth-order valence-corrected chi connectivity index (χ4v) is 3.08. The molecule has 25 heavy (non-hydrogen) atoms. The SMILES string of the molecule is Cc1cccc(COc2cccc(C(=O)NCCc3nccs3)c2)c1. The van der Waals surface area contributed by atoms with E-state index in [0.29, 0.717) is 24.5 Å². The fourth-order valence-electron chi connectivity index (χ4n) is 2.46. The van der Waals surface area contributed by atoms with Crippen LogP contribution >= 0.6 is 11.3 Å². The lowest BCUT2D eigenvalue weighted by molar-refractivity contribution is 0.0953. The number of nitrogens with zero attached hydrogens (tertiary/aromatic N) is 1. The first kappa shape index (κ1) is 17.2. The van der Waals surface area contributed by atoms with Crippen molar-refractivity contribution in [1.82, 2.24) is 10.3 Å².